The van der Waals surface area contributed by atoms with E-state index in [-0.39, 0.29) is 12.4 Å². The van der Waals surface area contributed by atoms with Crippen molar-refractivity contribution in [3.05, 3.63) is 78.5 Å². The maximum atomic E-state index is 10.8. The van der Waals surface area contributed by atoms with Gasteiger partial charge in [-0.25, -0.2) is 0 Å². The second-order valence-electron chi connectivity index (χ2n) is 6.70. The van der Waals surface area contributed by atoms with Crippen molar-refractivity contribution in [1.29, 1.82) is 0 Å². The molecular formula is C24H23NO4. The Bertz CT molecular complexity index is 1090. The Morgan fingerprint density at radius 1 is 0.931 bits per heavy atom. The molecule has 0 aliphatic carbocycles. The molecular weight excluding hydrogens is 366 g/mol. The minimum Gasteiger partial charge on any atom is -0.481 e. The van der Waals surface area contributed by atoms with Crippen LogP contribution in [-0.2, 0) is 16.0 Å². The lowest BCUT2D eigenvalue weighted by Gasteiger charge is -2.04. The van der Waals surface area contributed by atoms with Crippen LogP contribution in [0, 0.1) is 0 Å². The molecule has 0 aliphatic heterocycles. The third-order valence-corrected chi connectivity index (χ3v) is 4.43. The van der Waals surface area contributed by atoms with Gasteiger partial charge in [-0.05, 0) is 41.8 Å². The Kier molecular flexibility index (Phi) is 6.63. The van der Waals surface area contributed by atoms with Gasteiger partial charge in [-0.1, -0.05) is 54.6 Å². The number of ether oxygens (including phenoxy) is 1. The smallest absolute Gasteiger partial charge is 0.308 e. The third-order valence-electron chi connectivity index (χ3n) is 4.43. The van der Waals surface area contributed by atoms with E-state index in [1.54, 1.807) is 6.07 Å². The number of para-hydroxylation sites is 1. The summed E-state index contributed by atoms with van der Waals surface area (Å²) in [7, 11) is 0. The van der Waals surface area contributed by atoms with E-state index in [2.05, 4.69) is 11.1 Å². The van der Waals surface area contributed by atoms with Crippen LogP contribution in [0.1, 0.15) is 25.5 Å². The fourth-order valence-corrected chi connectivity index (χ4v) is 3.14. The number of carbonyl (C=O) groups excluding carboxylic acids is 1. The van der Waals surface area contributed by atoms with Gasteiger partial charge >= 0.3 is 11.9 Å². The Morgan fingerprint density at radius 3 is 2.34 bits per heavy atom. The molecule has 0 atom stereocenters. The predicted molar refractivity (Wildman–Crippen MR) is 114 cm³/mol. The Hall–Kier alpha value is -3.60. The lowest BCUT2D eigenvalue weighted by atomic mass is 10.1. The van der Waals surface area contributed by atoms with Gasteiger partial charge in [0.2, 0.25) is 0 Å². The molecule has 0 amide bonds. The van der Waals surface area contributed by atoms with Crippen molar-refractivity contribution in [2.75, 3.05) is 0 Å². The number of carboxylic acid groups (broad SMARTS) is 1. The fourth-order valence-electron chi connectivity index (χ4n) is 3.14. The second-order valence-corrected chi connectivity index (χ2v) is 6.70. The van der Waals surface area contributed by atoms with Gasteiger partial charge in [0.15, 0.2) is 0 Å². The summed E-state index contributed by atoms with van der Waals surface area (Å²) in [6.45, 7) is 1.40. The van der Waals surface area contributed by atoms with Crippen LogP contribution in [0.2, 0.25) is 0 Å². The minimum absolute atomic E-state index is 0.232. The maximum Gasteiger partial charge on any atom is 0.308 e. The van der Waals surface area contributed by atoms with Gasteiger partial charge in [0.1, 0.15) is 5.75 Å². The first-order valence-electron chi connectivity index (χ1n) is 9.47. The highest BCUT2D eigenvalue weighted by Crippen LogP contribution is 2.25. The van der Waals surface area contributed by atoms with Crippen molar-refractivity contribution in [1.82, 2.24) is 4.98 Å². The molecule has 0 fully saturated rings. The molecule has 0 aliphatic rings. The van der Waals surface area contributed by atoms with Gasteiger partial charge in [0, 0.05) is 29.9 Å². The monoisotopic (exact) mass is 389 g/mol. The van der Waals surface area contributed by atoms with Gasteiger partial charge in [-0.3, -0.25) is 9.59 Å². The molecule has 0 saturated carbocycles. The Morgan fingerprint density at radius 2 is 1.62 bits per heavy atom. The number of esters is 1. The number of fused-ring (bicyclic) bond motifs is 2. The molecule has 4 aromatic rings. The van der Waals surface area contributed by atoms with Gasteiger partial charge in [-0.2, -0.15) is 0 Å². The van der Waals surface area contributed by atoms with Crippen LogP contribution in [-0.4, -0.2) is 22.0 Å². The maximum absolute atomic E-state index is 10.8. The molecule has 5 heteroatoms. The van der Waals surface area contributed by atoms with E-state index in [1.165, 1.54) is 12.3 Å². The zero-order valence-electron chi connectivity index (χ0n) is 16.2. The first-order chi connectivity index (χ1) is 14.0. The molecule has 0 saturated heterocycles. The summed E-state index contributed by atoms with van der Waals surface area (Å²) in [4.78, 5) is 24.5. The van der Waals surface area contributed by atoms with Crippen molar-refractivity contribution in [2.45, 2.75) is 26.2 Å². The standard InChI is InChI=1S/C12H13NO2.C12H10O2/c14-12(15)7-3-5-10-8-9-4-1-2-6-11(9)13-10;1-9(13)14-12-8-4-6-10-5-2-3-7-11(10)12/h1-2,4,6,8,13H,3,5,7H2,(H,14,15);2-8H,1H3. The average molecular weight is 389 g/mol. The summed E-state index contributed by atoms with van der Waals surface area (Å²) in [5.74, 6) is -0.400. The number of nitrogens with one attached hydrogen (secondary N) is 1. The zero-order chi connectivity index (χ0) is 20.6. The number of carbonyl (C=O) groups is 2. The number of aromatic nitrogens is 1. The summed E-state index contributed by atoms with van der Waals surface area (Å²) >= 11 is 0. The summed E-state index contributed by atoms with van der Waals surface area (Å²) in [5.41, 5.74) is 2.22. The van der Waals surface area contributed by atoms with Gasteiger partial charge in [0.05, 0.1) is 0 Å². The fraction of sp³-hybridized carbons (Fsp3) is 0.167. The first-order valence-corrected chi connectivity index (χ1v) is 9.47. The van der Waals surface area contributed by atoms with Crippen LogP contribution in [0.3, 0.4) is 0 Å². The van der Waals surface area contributed by atoms with Gasteiger partial charge < -0.3 is 14.8 Å². The highest BCUT2D eigenvalue weighted by Gasteiger charge is 2.03. The number of hydrogen-bond acceptors (Lipinski definition) is 3. The van der Waals surface area contributed by atoms with Crippen LogP contribution < -0.4 is 4.74 Å². The van der Waals surface area contributed by atoms with Crippen LogP contribution in [0.25, 0.3) is 21.7 Å². The molecule has 0 spiro atoms. The highest BCUT2D eigenvalue weighted by molar-refractivity contribution is 5.90. The number of aromatic amines is 1. The number of benzene rings is 3. The number of aliphatic carboxylic acids is 1. The lowest BCUT2D eigenvalue weighted by Crippen LogP contribution is -2.01. The topological polar surface area (TPSA) is 79.4 Å². The molecule has 0 radical (unpaired) electrons. The Balaban J connectivity index is 0.000000166. The predicted octanol–water partition coefficient (Wildman–Crippen LogP) is 5.34. The molecule has 2 N–H and O–H groups in total. The molecule has 3 aromatic carbocycles. The molecule has 0 bridgehead atoms. The van der Waals surface area contributed by atoms with E-state index in [0.717, 1.165) is 28.4 Å². The van der Waals surface area contributed by atoms with Crippen molar-refractivity contribution in [3.63, 3.8) is 0 Å². The van der Waals surface area contributed by atoms with Crippen LogP contribution in [0.5, 0.6) is 5.75 Å². The van der Waals surface area contributed by atoms with Gasteiger partial charge in [0.25, 0.3) is 0 Å². The summed E-state index contributed by atoms with van der Waals surface area (Å²) in [6.07, 6.45) is 1.71. The van der Waals surface area contributed by atoms with Crippen LogP contribution in [0.15, 0.2) is 72.8 Å². The zero-order valence-corrected chi connectivity index (χ0v) is 16.2. The van der Waals surface area contributed by atoms with E-state index in [1.807, 2.05) is 60.7 Å². The Labute approximate surface area is 168 Å². The van der Waals surface area contributed by atoms with Gasteiger partial charge in [-0.15, -0.1) is 0 Å². The highest BCUT2D eigenvalue weighted by atomic mass is 16.5. The molecule has 4 rings (SSSR count). The SMILES string of the molecule is CC(=O)Oc1cccc2ccccc12.O=C(O)CCCc1cc2ccccc2[nH]1. The average Bonchev–Trinajstić information content (AvgIpc) is 3.11. The normalized spacial score (nSPS) is 10.4. The third kappa shape index (κ3) is 5.69. The molecule has 1 heterocycles. The summed E-state index contributed by atoms with van der Waals surface area (Å²) in [6, 6.07) is 23.6. The quantitative estimate of drug-likeness (QED) is 0.357. The largest absolute Gasteiger partial charge is 0.481 e. The van der Waals surface area contributed by atoms with E-state index in [0.29, 0.717) is 12.2 Å². The molecule has 0 unspecified atom stereocenters. The number of hydrogen-bond donors (Lipinski definition) is 2. The second kappa shape index (κ2) is 9.55. The van der Waals surface area contributed by atoms with E-state index in [9.17, 15) is 9.59 Å². The summed E-state index contributed by atoms with van der Waals surface area (Å²) in [5, 5.41) is 11.7. The van der Waals surface area contributed by atoms with Crippen molar-refractivity contribution in [3.8, 4) is 5.75 Å². The molecule has 5 nitrogen and oxygen atoms in total. The number of rotatable bonds is 5. The molecule has 29 heavy (non-hydrogen) atoms. The van der Waals surface area contributed by atoms with Crippen LogP contribution in [0.4, 0.5) is 0 Å². The van der Waals surface area contributed by atoms with Crippen molar-refractivity contribution in [2.24, 2.45) is 0 Å². The lowest BCUT2D eigenvalue weighted by molar-refractivity contribution is -0.137. The number of aryl methyl sites for hydroxylation is 1. The minimum atomic E-state index is -0.730. The summed E-state index contributed by atoms with van der Waals surface area (Å²) < 4.78 is 5.09. The van der Waals surface area contributed by atoms with Crippen molar-refractivity contribution < 1.29 is 19.4 Å². The van der Waals surface area contributed by atoms with E-state index >= 15 is 0 Å². The van der Waals surface area contributed by atoms with E-state index in [4.69, 9.17) is 9.84 Å². The molecule has 148 valence electrons. The van der Waals surface area contributed by atoms with Crippen LogP contribution >= 0.6 is 0 Å². The van der Waals surface area contributed by atoms with Crippen molar-refractivity contribution >= 4 is 33.6 Å². The first kappa shape index (κ1) is 20.1. The molecule has 1 aromatic heterocycles. The van der Waals surface area contributed by atoms with E-state index < -0.39 is 5.97 Å². The number of carboxylic acids is 1. The number of H-pyrrole nitrogens is 1.